The first-order valence-corrected chi connectivity index (χ1v) is 5.28. The van der Waals surface area contributed by atoms with Crippen molar-refractivity contribution in [2.75, 3.05) is 7.05 Å². The van der Waals surface area contributed by atoms with Gasteiger partial charge in [0.05, 0.1) is 0 Å². The van der Waals surface area contributed by atoms with E-state index in [1.165, 1.54) is 7.05 Å². The Hall–Kier alpha value is -1.62. The molecule has 0 aromatic rings. The third-order valence-corrected chi connectivity index (χ3v) is 2.19. The van der Waals surface area contributed by atoms with E-state index < -0.39 is 5.91 Å². The molecule has 0 fully saturated rings. The Bertz CT molecular complexity index is 417. The van der Waals surface area contributed by atoms with Gasteiger partial charge in [0, 0.05) is 7.05 Å². The number of aliphatic imine (C=N–C) groups is 2. The number of carbonyl (C=O) groups excluding carboxylic acids is 1. The summed E-state index contributed by atoms with van der Waals surface area (Å²) in [6.07, 6.45) is 0. The van der Waals surface area contributed by atoms with Crippen LogP contribution in [0.4, 0.5) is 0 Å². The molecule has 0 aliphatic rings. The van der Waals surface area contributed by atoms with Gasteiger partial charge in [-0.3, -0.25) is 15.1 Å². The van der Waals surface area contributed by atoms with E-state index in [9.17, 15) is 4.79 Å². The van der Waals surface area contributed by atoms with Crippen molar-refractivity contribution in [3.63, 3.8) is 0 Å². The first-order chi connectivity index (χ1) is 7.79. The molecule has 0 heterocycles. The first-order valence-electron chi connectivity index (χ1n) is 4.90. The fraction of sp³-hybridized carbons (Fsp3) is 0.364. The summed E-state index contributed by atoms with van der Waals surface area (Å²) in [6.45, 7) is 8.91. The number of hydrogen-bond donors (Lipinski definition) is 2. The third-order valence-electron chi connectivity index (χ3n) is 1.72. The highest BCUT2D eigenvalue weighted by atomic mass is 35.5. The average molecular weight is 257 g/mol. The third kappa shape index (κ3) is 5.31. The number of nitrogens with one attached hydrogen (secondary N) is 1. The molecule has 0 spiro atoms. The van der Waals surface area contributed by atoms with Crippen molar-refractivity contribution in [1.29, 1.82) is 0 Å². The van der Waals surface area contributed by atoms with Gasteiger partial charge in [-0.15, -0.1) is 0 Å². The number of guanidine groups is 1. The molecule has 0 rings (SSSR count). The predicted octanol–water partition coefficient (Wildman–Crippen LogP) is 1.55. The second-order valence-corrected chi connectivity index (χ2v) is 3.95. The fourth-order valence-corrected chi connectivity index (χ4v) is 0.866. The van der Waals surface area contributed by atoms with Gasteiger partial charge in [0.15, 0.2) is 5.96 Å². The topological polar surface area (TPSA) is 79.8 Å². The lowest BCUT2D eigenvalue weighted by atomic mass is 10.2. The van der Waals surface area contributed by atoms with Crippen LogP contribution in [-0.4, -0.2) is 24.6 Å². The van der Waals surface area contributed by atoms with E-state index in [4.69, 9.17) is 17.3 Å². The Balaban J connectivity index is 5.21. The lowest BCUT2D eigenvalue weighted by molar-refractivity contribution is -0.113. The predicted molar refractivity (Wildman–Crippen MR) is 72.2 cm³/mol. The van der Waals surface area contributed by atoms with E-state index >= 15 is 0 Å². The van der Waals surface area contributed by atoms with Crippen molar-refractivity contribution in [1.82, 2.24) is 5.32 Å². The normalized spacial score (nSPS) is 12.1. The highest BCUT2D eigenvalue weighted by Gasteiger charge is 2.13. The van der Waals surface area contributed by atoms with Crippen LogP contribution in [0.1, 0.15) is 20.8 Å². The van der Waals surface area contributed by atoms with E-state index in [0.717, 1.165) is 5.57 Å². The number of nitrogens with two attached hydrogens (primary N) is 1. The van der Waals surface area contributed by atoms with Crippen LogP contribution in [0.3, 0.4) is 0 Å². The van der Waals surface area contributed by atoms with Gasteiger partial charge in [-0.05, 0) is 31.9 Å². The second kappa shape index (κ2) is 6.85. The van der Waals surface area contributed by atoms with Crippen molar-refractivity contribution in [2.45, 2.75) is 20.8 Å². The molecule has 0 radical (unpaired) electrons. The minimum Gasteiger partial charge on any atom is -0.370 e. The van der Waals surface area contributed by atoms with Gasteiger partial charge in [-0.25, -0.2) is 4.99 Å². The second-order valence-electron chi connectivity index (χ2n) is 3.59. The lowest BCUT2D eigenvalue weighted by Gasteiger charge is -2.07. The summed E-state index contributed by atoms with van der Waals surface area (Å²) in [5.74, 6) is -0.475. The van der Waals surface area contributed by atoms with Crippen molar-refractivity contribution < 1.29 is 4.79 Å². The summed E-state index contributed by atoms with van der Waals surface area (Å²) in [7, 11) is 1.47. The van der Waals surface area contributed by atoms with E-state index in [-0.39, 0.29) is 16.8 Å². The lowest BCUT2D eigenvalue weighted by Crippen LogP contribution is -2.41. The van der Waals surface area contributed by atoms with Crippen molar-refractivity contribution in [3.05, 3.63) is 22.9 Å². The molecule has 0 aliphatic carbocycles. The van der Waals surface area contributed by atoms with Crippen LogP contribution in [0.25, 0.3) is 0 Å². The van der Waals surface area contributed by atoms with Gasteiger partial charge in [-0.1, -0.05) is 18.2 Å². The molecule has 0 bridgehead atoms. The molecule has 3 N–H and O–H groups in total. The quantitative estimate of drug-likeness (QED) is 0.456. The molecule has 5 nitrogen and oxygen atoms in total. The van der Waals surface area contributed by atoms with Crippen LogP contribution in [0.5, 0.6) is 0 Å². The van der Waals surface area contributed by atoms with Crippen molar-refractivity contribution in [2.24, 2.45) is 15.7 Å². The molecule has 0 unspecified atom stereocenters. The average Bonchev–Trinajstić information content (AvgIpc) is 2.24. The Labute approximate surface area is 106 Å². The first kappa shape index (κ1) is 15.4. The van der Waals surface area contributed by atoms with E-state index in [1.807, 2.05) is 0 Å². The number of halogens is 1. The van der Waals surface area contributed by atoms with E-state index in [2.05, 4.69) is 21.9 Å². The molecule has 0 saturated heterocycles. The molecule has 1 amide bonds. The van der Waals surface area contributed by atoms with Crippen LogP contribution in [0, 0.1) is 0 Å². The maximum absolute atomic E-state index is 11.8. The maximum Gasteiger partial charge on any atom is 0.276 e. The molecule has 0 aliphatic heterocycles. The minimum atomic E-state index is -0.486. The Kier molecular flexibility index (Phi) is 6.20. The monoisotopic (exact) mass is 256 g/mol. The molecular weight excluding hydrogens is 240 g/mol. The van der Waals surface area contributed by atoms with Gasteiger partial charge in [0.1, 0.15) is 10.9 Å². The number of nitrogens with zero attached hydrogens (tertiary/aromatic N) is 2. The molecular formula is C11H17ClN4O. The summed E-state index contributed by atoms with van der Waals surface area (Å²) in [5.41, 5.74) is 6.81. The number of amides is 1. The van der Waals surface area contributed by atoms with Crippen LogP contribution in [-0.2, 0) is 4.79 Å². The van der Waals surface area contributed by atoms with Crippen LogP contribution in [0.15, 0.2) is 32.9 Å². The number of carbonyl (C=O) groups is 1. The summed E-state index contributed by atoms with van der Waals surface area (Å²) in [5, 5.41) is 2.63. The highest BCUT2D eigenvalue weighted by molar-refractivity contribution is 6.48. The summed E-state index contributed by atoms with van der Waals surface area (Å²) < 4.78 is 0. The van der Waals surface area contributed by atoms with E-state index in [1.54, 1.807) is 20.8 Å². The summed E-state index contributed by atoms with van der Waals surface area (Å²) >= 11 is 5.88. The van der Waals surface area contributed by atoms with Crippen LogP contribution < -0.4 is 11.1 Å². The zero-order chi connectivity index (χ0) is 13.6. The minimum absolute atomic E-state index is 0.0114. The molecule has 0 saturated carbocycles. The molecule has 17 heavy (non-hydrogen) atoms. The zero-order valence-electron chi connectivity index (χ0n) is 10.5. The summed E-state index contributed by atoms with van der Waals surface area (Å²) in [4.78, 5) is 19.4. The summed E-state index contributed by atoms with van der Waals surface area (Å²) in [6, 6.07) is 0. The van der Waals surface area contributed by atoms with Crippen molar-refractivity contribution in [3.8, 4) is 0 Å². The van der Waals surface area contributed by atoms with E-state index in [0.29, 0.717) is 5.57 Å². The molecule has 0 aromatic carbocycles. The molecule has 6 heteroatoms. The highest BCUT2D eigenvalue weighted by Crippen LogP contribution is 2.11. The molecule has 94 valence electrons. The molecule has 0 atom stereocenters. The Morgan fingerprint density at radius 3 is 2.24 bits per heavy atom. The van der Waals surface area contributed by atoms with Gasteiger partial charge >= 0.3 is 0 Å². The standard InChI is InChI=1S/C11H17ClN4O/c1-6(2)8(15-9(12)7(3)4)10(17)16-11(13)14-5/h1H2,2-5H3,(H3,13,14,16,17). The molecule has 0 aromatic heterocycles. The largest absolute Gasteiger partial charge is 0.370 e. The van der Waals surface area contributed by atoms with Gasteiger partial charge < -0.3 is 5.73 Å². The smallest absolute Gasteiger partial charge is 0.276 e. The number of hydrogen-bond acceptors (Lipinski definition) is 3. The van der Waals surface area contributed by atoms with Crippen LogP contribution >= 0.6 is 11.6 Å². The maximum atomic E-state index is 11.8. The SMILES string of the molecule is C=C(C)C(=NC(Cl)=C(C)C)C(=O)NC(N)=NC. The van der Waals surface area contributed by atoms with Crippen LogP contribution in [0.2, 0.25) is 0 Å². The zero-order valence-corrected chi connectivity index (χ0v) is 11.2. The van der Waals surface area contributed by atoms with Crippen molar-refractivity contribution >= 4 is 29.2 Å². The van der Waals surface area contributed by atoms with Gasteiger partial charge in [0.25, 0.3) is 5.91 Å². The van der Waals surface area contributed by atoms with Gasteiger partial charge in [0.2, 0.25) is 0 Å². The number of allylic oxidation sites excluding steroid dienone is 1. The fourth-order valence-electron chi connectivity index (χ4n) is 0.781. The Morgan fingerprint density at radius 1 is 1.35 bits per heavy atom. The Morgan fingerprint density at radius 2 is 1.88 bits per heavy atom. The number of rotatable bonds is 3. The van der Waals surface area contributed by atoms with Gasteiger partial charge in [-0.2, -0.15) is 0 Å².